The van der Waals surface area contributed by atoms with Crippen LogP contribution >= 0.6 is 0 Å². The molecule has 0 aromatic heterocycles. The third kappa shape index (κ3) is 25.4. The number of ether oxygens (including phenoxy) is 6. The molecule has 0 aromatic rings. The molecule has 2 rings (SSSR count). The van der Waals surface area contributed by atoms with E-state index in [0.717, 1.165) is 70.6 Å². The molecule has 2 aliphatic heterocycles. The van der Waals surface area contributed by atoms with E-state index in [4.69, 9.17) is 28.4 Å². The number of hydrogen-bond donors (Lipinski definition) is 7. The Balaban J connectivity index is 1.80. The van der Waals surface area contributed by atoms with Crippen molar-refractivity contribution in [1.29, 1.82) is 0 Å². The van der Waals surface area contributed by atoms with Gasteiger partial charge in [-0.3, -0.25) is 4.79 Å². The van der Waals surface area contributed by atoms with Crippen LogP contribution in [0.25, 0.3) is 0 Å². The molecule has 0 saturated carbocycles. The van der Waals surface area contributed by atoms with Crippen LogP contribution in [0.2, 0.25) is 0 Å². The first kappa shape index (κ1) is 57.1. The van der Waals surface area contributed by atoms with Crippen LogP contribution in [0.15, 0.2) is 48.6 Å². The molecule has 2 aliphatic rings. The Morgan fingerprint density at radius 1 is 0.540 bits per heavy atom. The molecule has 366 valence electrons. The Morgan fingerprint density at radius 2 is 1.03 bits per heavy atom. The summed E-state index contributed by atoms with van der Waals surface area (Å²) >= 11 is 0. The van der Waals surface area contributed by atoms with Gasteiger partial charge in [-0.05, 0) is 51.4 Å². The summed E-state index contributed by atoms with van der Waals surface area (Å²) in [5.74, 6) is -0.400. The van der Waals surface area contributed by atoms with Gasteiger partial charge in [0.15, 0.2) is 12.6 Å². The molecule has 2 fully saturated rings. The highest BCUT2D eigenvalue weighted by atomic mass is 16.7. The lowest BCUT2D eigenvalue weighted by Crippen LogP contribution is -2.61. The molecule has 14 heteroatoms. The molecule has 0 amide bonds. The van der Waals surface area contributed by atoms with E-state index in [1.807, 2.05) is 0 Å². The largest absolute Gasteiger partial charge is 0.457 e. The molecular weight excluding hydrogens is 813 g/mol. The number of carbonyl (C=O) groups excluding carboxylic acids is 1. The van der Waals surface area contributed by atoms with Crippen molar-refractivity contribution in [2.24, 2.45) is 0 Å². The van der Waals surface area contributed by atoms with Crippen molar-refractivity contribution >= 4 is 5.97 Å². The lowest BCUT2D eigenvalue weighted by atomic mass is 9.98. The maximum atomic E-state index is 13.0. The van der Waals surface area contributed by atoms with E-state index in [0.29, 0.717) is 13.0 Å². The fourth-order valence-electron chi connectivity index (χ4n) is 7.39. The summed E-state index contributed by atoms with van der Waals surface area (Å²) in [5.41, 5.74) is 0. The number of aliphatic hydroxyl groups is 7. The van der Waals surface area contributed by atoms with E-state index in [2.05, 4.69) is 62.5 Å². The van der Waals surface area contributed by atoms with Crippen molar-refractivity contribution in [2.45, 2.75) is 223 Å². The van der Waals surface area contributed by atoms with Gasteiger partial charge in [0.05, 0.1) is 26.4 Å². The SMILES string of the molecule is CC/C=C\C/C=C\C/C=C\C/C=C\CCCCCCC(=O)OC(COCCCCCCCCCCCCCC)COC1OC(COC2OC(CO)C(O)C(O)C2O)C(O)C(O)C1O. The van der Waals surface area contributed by atoms with E-state index in [1.165, 1.54) is 57.8 Å². The fourth-order valence-corrected chi connectivity index (χ4v) is 7.39. The summed E-state index contributed by atoms with van der Waals surface area (Å²) in [7, 11) is 0. The van der Waals surface area contributed by atoms with Gasteiger partial charge in [0.1, 0.15) is 54.9 Å². The summed E-state index contributed by atoms with van der Waals surface area (Å²) in [4.78, 5) is 13.0. The second kappa shape index (κ2) is 37.1. The highest BCUT2D eigenvalue weighted by molar-refractivity contribution is 5.69. The Kier molecular flexibility index (Phi) is 33.6. The number of allylic oxidation sites excluding steroid dienone is 8. The van der Waals surface area contributed by atoms with Crippen molar-refractivity contribution < 1.29 is 69.0 Å². The molecular formula is C49H86O14. The average molecular weight is 899 g/mol. The molecule has 0 aromatic carbocycles. The molecule has 2 saturated heterocycles. The van der Waals surface area contributed by atoms with Crippen LogP contribution < -0.4 is 0 Å². The van der Waals surface area contributed by atoms with Crippen LogP contribution in [-0.4, -0.2) is 142 Å². The first-order valence-electron chi connectivity index (χ1n) is 24.2. The van der Waals surface area contributed by atoms with Crippen LogP contribution in [-0.2, 0) is 33.2 Å². The standard InChI is InChI=1S/C49H86O14/c1-3-5-7-9-11-13-15-17-18-19-20-21-22-24-26-28-30-32-41(51)61-38(35-58-33-31-29-27-25-23-16-14-12-10-8-6-4-2)36-59-48-47(57)45(55)43(53)40(63-48)37-60-49-46(56)44(54)42(52)39(34-50)62-49/h5,7,11,13,17-18,20-21,38-40,42-50,52-57H,3-4,6,8-10,12,14-16,19,22-37H2,1-2H3/b7-5-,13-11-,18-17-,21-20-. The van der Waals surface area contributed by atoms with Gasteiger partial charge < -0.3 is 64.2 Å². The maximum absolute atomic E-state index is 13.0. The van der Waals surface area contributed by atoms with Gasteiger partial charge in [0, 0.05) is 13.0 Å². The van der Waals surface area contributed by atoms with E-state index in [9.17, 15) is 40.5 Å². The Hall–Kier alpha value is -2.05. The number of carbonyl (C=O) groups is 1. The molecule has 11 unspecified atom stereocenters. The van der Waals surface area contributed by atoms with E-state index in [-0.39, 0.29) is 19.6 Å². The molecule has 0 bridgehead atoms. The Labute approximate surface area is 378 Å². The lowest BCUT2D eigenvalue weighted by molar-refractivity contribution is -0.332. The number of rotatable bonds is 37. The maximum Gasteiger partial charge on any atom is 0.306 e. The fraction of sp³-hybridized carbons (Fsp3) is 0.816. The van der Waals surface area contributed by atoms with E-state index >= 15 is 0 Å². The zero-order valence-electron chi connectivity index (χ0n) is 38.5. The third-order valence-corrected chi connectivity index (χ3v) is 11.4. The second-order valence-corrected chi connectivity index (χ2v) is 16.9. The summed E-state index contributed by atoms with van der Waals surface area (Å²) < 4.78 is 34.2. The Bertz CT molecular complexity index is 1230. The summed E-state index contributed by atoms with van der Waals surface area (Å²) in [6, 6.07) is 0. The van der Waals surface area contributed by atoms with Crippen molar-refractivity contribution in [2.75, 3.05) is 33.0 Å². The van der Waals surface area contributed by atoms with Gasteiger partial charge >= 0.3 is 5.97 Å². The molecule has 0 aliphatic carbocycles. The van der Waals surface area contributed by atoms with Gasteiger partial charge in [-0.15, -0.1) is 0 Å². The zero-order chi connectivity index (χ0) is 45.9. The molecule has 0 radical (unpaired) electrons. The minimum atomic E-state index is -1.71. The van der Waals surface area contributed by atoms with Crippen LogP contribution in [0.4, 0.5) is 0 Å². The van der Waals surface area contributed by atoms with Crippen molar-refractivity contribution in [1.82, 2.24) is 0 Å². The molecule has 63 heavy (non-hydrogen) atoms. The topological polar surface area (TPSA) is 214 Å². The number of aliphatic hydroxyl groups excluding tert-OH is 7. The quantitative estimate of drug-likeness (QED) is 0.0204. The summed E-state index contributed by atoms with van der Waals surface area (Å²) in [6.07, 6.45) is 24.6. The molecule has 2 heterocycles. The van der Waals surface area contributed by atoms with Crippen LogP contribution in [0.1, 0.15) is 155 Å². The van der Waals surface area contributed by atoms with E-state index in [1.54, 1.807) is 0 Å². The lowest BCUT2D eigenvalue weighted by Gasteiger charge is -2.42. The van der Waals surface area contributed by atoms with Crippen molar-refractivity contribution in [3.8, 4) is 0 Å². The van der Waals surface area contributed by atoms with Gasteiger partial charge in [0.2, 0.25) is 0 Å². The minimum absolute atomic E-state index is 0.0519. The molecule has 0 spiro atoms. The number of hydrogen-bond acceptors (Lipinski definition) is 14. The van der Waals surface area contributed by atoms with Crippen molar-refractivity contribution in [3.63, 3.8) is 0 Å². The molecule has 11 atom stereocenters. The smallest absolute Gasteiger partial charge is 0.306 e. The van der Waals surface area contributed by atoms with Gasteiger partial charge in [0.25, 0.3) is 0 Å². The first-order chi connectivity index (χ1) is 30.6. The predicted molar refractivity (Wildman–Crippen MR) is 243 cm³/mol. The normalized spacial score (nSPS) is 27.4. The van der Waals surface area contributed by atoms with Crippen LogP contribution in [0, 0.1) is 0 Å². The summed E-state index contributed by atoms with van der Waals surface area (Å²) in [6.45, 7) is 3.53. The third-order valence-electron chi connectivity index (χ3n) is 11.4. The minimum Gasteiger partial charge on any atom is -0.457 e. The zero-order valence-corrected chi connectivity index (χ0v) is 38.5. The van der Waals surface area contributed by atoms with Crippen LogP contribution in [0.5, 0.6) is 0 Å². The Morgan fingerprint density at radius 3 is 1.62 bits per heavy atom. The predicted octanol–water partition coefficient (Wildman–Crippen LogP) is 6.40. The van der Waals surface area contributed by atoms with Crippen molar-refractivity contribution in [3.05, 3.63) is 48.6 Å². The highest BCUT2D eigenvalue weighted by Gasteiger charge is 2.47. The van der Waals surface area contributed by atoms with Gasteiger partial charge in [-0.1, -0.05) is 146 Å². The monoisotopic (exact) mass is 899 g/mol. The second-order valence-electron chi connectivity index (χ2n) is 16.9. The average Bonchev–Trinajstić information content (AvgIpc) is 3.28. The number of unbranched alkanes of at least 4 members (excludes halogenated alkanes) is 15. The van der Waals surface area contributed by atoms with Gasteiger partial charge in [-0.25, -0.2) is 0 Å². The van der Waals surface area contributed by atoms with Crippen LogP contribution in [0.3, 0.4) is 0 Å². The molecule has 7 N–H and O–H groups in total. The first-order valence-corrected chi connectivity index (χ1v) is 24.2. The number of esters is 1. The summed E-state index contributed by atoms with van der Waals surface area (Å²) in [5, 5.41) is 72.0. The molecule has 14 nitrogen and oxygen atoms in total. The van der Waals surface area contributed by atoms with E-state index < -0.39 is 86.7 Å². The van der Waals surface area contributed by atoms with Gasteiger partial charge in [-0.2, -0.15) is 0 Å². The highest BCUT2D eigenvalue weighted by Crippen LogP contribution is 2.26.